The van der Waals surface area contributed by atoms with Crippen LogP contribution >= 0.6 is 0 Å². The van der Waals surface area contributed by atoms with Crippen molar-refractivity contribution < 1.29 is 32.6 Å². The minimum atomic E-state index is -0.609. The summed E-state index contributed by atoms with van der Waals surface area (Å²) in [5.41, 5.74) is 0.857. The molecule has 0 aliphatic carbocycles. The molecule has 1 aliphatic rings. The van der Waals surface area contributed by atoms with E-state index in [4.69, 9.17) is 18.6 Å². The zero-order valence-electron chi connectivity index (χ0n) is 20.2. The van der Waals surface area contributed by atoms with Crippen LogP contribution in [-0.2, 0) is 22.6 Å². The fourth-order valence-corrected chi connectivity index (χ4v) is 3.72. The van der Waals surface area contributed by atoms with Gasteiger partial charge in [0.2, 0.25) is 12.7 Å². The Morgan fingerprint density at radius 1 is 1.03 bits per heavy atom. The van der Waals surface area contributed by atoms with Gasteiger partial charge in [0.15, 0.2) is 11.5 Å². The van der Waals surface area contributed by atoms with Crippen molar-refractivity contribution in [3.63, 3.8) is 0 Å². The quantitative estimate of drug-likeness (QED) is 0.452. The Morgan fingerprint density at radius 3 is 2.58 bits per heavy atom. The zero-order chi connectivity index (χ0) is 25.5. The Kier molecular flexibility index (Phi) is 8.06. The number of halogens is 1. The van der Waals surface area contributed by atoms with E-state index in [1.54, 1.807) is 17.0 Å². The van der Waals surface area contributed by atoms with Crippen LogP contribution in [0.4, 0.5) is 14.9 Å². The first kappa shape index (κ1) is 25.1. The van der Waals surface area contributed by atoms with Crippen LogP contribution in [0.2, 0.25) is 0 Å². The third-order valence-corrected chi connectivity index (χ3v) is 5.60. The fourth-order valence-electron chi connectivity index (χ4n) is 3.72. The van der Waals surface area contributed by atoms with Crippen molar-refractivity contribution in [1.82, 2.24) is 9.80 Å². The SMILES string of the molecule is COCCN(CC(=O)N(Cc1ccc2c(c1)OCO2)Cc1ccc(C)o1)C(=O)Nc1ccccc1F. The molecule has 36 heavy (non-hydrogen) atoms. The second-order valence-electron chi connectivity index (χ2n) is 8.27. The molecule has 0 atom stereocenters. The van der Waals surface area contributed by atoms with E-state index < -0.39 is 11.8 Å². The molecular weight excluding hydrogens is 469 g/mol. The Balaban J connectivity index is 1.51. The van der Waals surface area contributed by atoms with Crippen LogP contribution in [0.1, 0.15) is 17.1 Å². The Bertz CT molecular complexity index is 1210. The van der Waals surface area contributed by atoms with Gasteiger partial charge in [0, 0.05) is 20.2 Å². The minimum Gasteiger partial charge on any atom is -0.464 e. The van der Waals surface area contributed by atoms with E-state index in [0.29, 0.717) is 17.3 Å². The van der Waals surface area contributed by atoms with Crippen LogP contribution in [0, 0.1) is 12.7 Å². The molecule has 3 aromatic rings. The normalized spacial score (nSPS) is 11.9. The van der Waals surface area contributed by atoms with Crippen molar-refractivity contribution in [2.45, 2.75) is 20.0 Å². The van der Waals surface area contributed by atoms with Gasteiger partial charge in [-0.2, -0.15) is 0 Å². The number of nitrogens with one attached hydrogen (secondary N) is 1. The number of fused-ring (bicyclic) bond motifs is 1. The summed E-state index contributed by atoms with van der Waals surface area (Å²) < 4.78 is 35.7. The maximum atomic E-state index is 14.1. The number of furan rings is 1. The first-order valence-electron chi connectivity index (χ1n) is 11.4. The van der Waals surface area contributed by atoms with E-state index in [2.05, 4.69) is 5.32 Å². The number of methoxy groups -OCH3 is 1. The number of ether oxygens (including phenoxy) is 3. The first-order valence-corrected chi connectivity index (χ1v) is 11.4. The van der Waals surface area contributed by atoms with Crippen LogP contribution in [-0.4, -0.2) is 55.3 Å². The van der Waals surface area contributed by atoms with Gasteiger partial charge in [-0.25, -0.2) is 9.18 Å². The maximum absolute atomic E-state index is 14.1. The Morgan fingerprint density at radius 2 is 1.83 bits per heavy atom. The number of anilines is 1. The highest BCUT2D eigenvalue weighted by molar-refractivity contribution is 5.92. The van der Waals surface area contributed by atoms with Gasteiger partial charge in [0.25, 0.3) is 0 Å². The van der Waals surface area contributed by atoms with Crippen molar-refractivity contribution in [2.75, 3.05) is 38.9 Å². The molecule has 3 amide bonds. The number of amides is 3. The molecule has 0 saturated carbocycles. The van der Waals surface area contributed by atoms with Crippen molar-refractivity contribution >= 4 is 17.6 Å². The molecule has 9 nitrogen and oxygen atoms in total. The van der Waals surface area contributed by atoms with Gasteiger partial charge < -0.3 is 33.7 Å². The predicted octanol–water partition coefficient (Wildman–Crippen LogP) is 4.17. The van der Waals surface area contributed by atoms with Gasteiger partial charge in [0.1, 0.15) is 23.9 Å². The lowest BCUT2D eigenvalue weighted by Gasteiger charge is -2.27. The summed E-state index contributed by atoms with van der Waals surface area (Å²) in [4.78, 5) is 29.3. The molecule has 4 rings (SSSR count). The minimum absolute atomic E-state index is 0.0284. The molecule has 1 aromatic heterocycles. The summed E-state index contributed by atoms with van der Waals surface area (Å²) >= 11 is 0. The summed E-state index contributed by atoms with van der Waals surface area (Å²) in [5.74, 6) is 1.71. The number of nitrogens with zero attached hydrogens (tertiary/aromatic N) is 2. The lowest BCUT2D eigenvalue weighted by Crippen LogP contribution is -2.45. The van der Waals surface area contributed by atoms with Crippen molar-refractivity contribution in [3.8, 4) is 11.5 Å². The maximum Gasteiger partial charge on any atom is 0.322 e. The largest absolute Gasteiger partial charge is 0.464 e. The average molecular weight is 498 g/mol. The van der Waals surface area contributed by atoms with Crippen LogP contribution in [0.25, 0.3) is 0 Å². The van der Waals surface area contributed by atoms with Gasteiger partial charge in [0.05, 0.1) is 18.8 Å². The van der Waals surface area contributed by atoms with E-state index in [9.17, 15) is 14.0 Å². The molecule has 190 valence electrons. The van der Waals surface area contributed by atoms with Crippen LogP contribution < -0.4 is 14.8 Å². The van der Waals surface area contributed by atoms with Gasteiger partial charge in [-0.1, -0.05) is 18.2 Å². The van der Waals surface area contributed by atoms with Crippen molar-refractivity contribution in [2.24, 2.45) is 0 Å². The topological polar surface area (TPSA) is 93.5 Å². The van der Waals surface area contributed by atoms with Gasteiger partial charge in [-0.15, -0.1) is 0 Å². The van der Waals surface area contributed by atoms with E-state index in [1.165, 1.54) is 30.2 Å². The molecule has 0 bridgehead atoms. The molecule has 0 spiro atoms. The van der Waals surface area contributed by atoms with Gasteiger partial charge in [-0.3, -0.25) is 4.79 Å². The average Bonchev–Trinajstić information content (AvgIpc) is 3.50. The highest BCUT2D eigenvalue weighted by atomic mass is 19.1. The van der Waals surface area contributed by atoms with Gasteiger partial charge >= 0.3 is 6.03 Å². The summed E-state index contributed by atoms with van der Waals surface area (Å²) in [5, 5.41) is 2.53. The predicted molar refractivity (Wildman–Crippen MR) is 129 cm³/mol. The molecular formula is C26H28FN3O6. The number of hydrogen-bond acceptors (Lipinski definition) is 6. The number of carbonyl (C=O) groups excluding carboxylic acids is 2. The third-order valence-electron chi connectivity index (χ3n) is 5.60. The summed E-state index contributed by atoms with van der Waals surface area (Å²) in [7, 11) is 1.50. The first-order chi connectivity index (χ1) is 17.4. The number of benzene rings is 2. The fraction of sp³-hybridized carbons (Fsp3) is 0.308. The van der Waals surface area contributed by atoms with Gasteiger partial charge in [-0.05, 0) is 48.9 Å². The van der Waals surface area contributed by atoms with Crippen molar-refractivity contribution in [3.05, 3.63) is 77.5 Å². The molecule has 0 fully saturated rings. The number of hydrogen-bond donors (Lipinski definition) is 1. The van der Waals surface area contributed by atoms with Crippen LogP contribution in [0.15, 0.2) is 59.0 Å². The molecule has 0 radical (unpaired) electrons. The summed E-state index contributed by atoms with van der Waals surface area (Å²) in [6.45, 7) is 2.54. The molecule has 1 aliphatic heterocycles. The number of rotatable bonds is 10. The molecule has 0 unspecified atom stereocenters. The smallest absolute Gasteiger partial charge is 0.322 e. The molecule has 2 heterocycles. The number of urea groups is 1. The lowest BCUT2D eigenvalue weighted by atomic mass is 10.2. The van der Waals surface area contributed by atoms with E-state index in [1.807, 2.05) is 31.2 Å². The van der Waals surface area contributed by atoms with E-state index in [0.717, 1.165) is 11.3 Å². The number of aryl methyl sites for hydroxylation is 1. The standard InChI is InChI=1S/C26H28FN3O6/c1-18-7-9-20(36-18)15-30(14-19-8-10-23-24(13-19)35-17-34-23)25(31)16-29(11-12-33-2)26(32)28-22-6-4-3-5-21(22)27/h3-10,13H,11-12,14-17H2,1-2H3,(H,28,32). The van der Waals surface area contributed by atoms with E-state index in [-0.39, 0.29) is 51.2 Å². The summed E-state index contributed by atoms with van der Waals surface area (Å²) in [6, 6.07) is 14.3. The zero-order valence-corrected chi connectivity index (χ0v) is 20.2. The van der Waals surface area contributed by atoms with E-state index >= 15 is 0 Å². The molecule has 10 heteroatoms. The van der Waals surface area contributed by atoms with Crippen LogP contribution in [0.5, 0.6) is 11.5 Å². The second kappa shape index (κ2) is 11.6. The lowest BCUT2D eigenvalue weighted by molar-refractivity contribution is -0.133. The Labute approximate surface area is 208 Å². The second-order valence-corrected chi connectivity index (χ2v) is 8.27. The highest BCUT2D eigenvalue weighted by Gasteiger charge is 2.24. The monoisotopic (exact) mass is 497 g/mol. The number of para-hydroxylation sites is 1. The molecule has 1 N–H and O–H groups in total. The molecule has 0 saturated heterocycles. The Hall–Kier alpha value is -4.05. The third kappa shape index (κ3) is 6.33. The highest BCUT2D eigenvalue weighted by Crippen LogP contribution is 2.33. The number of carbonyl (C=O) groups is 2. The molecule has 2 aromatic carbocycles. The summed E-state index contributed by atoms with van der Waals surface area (Å²) in [6.07, 6.45) is 0. The van der Waals surface area contributed by atoms with Crippen LogP contribution in [0.3, 0.4) is 0 Å². The van der Waals surface area contributed by atoms with Crippen molar-refractivity contribution in [1.29, 1.82) is 0 Å².